The van der Waals surface area contributed by atoms with Crippen LogP contribution in [0.25, 0.3) is 0 Å². The minimum atomic E-state index is -1.27. The third-order valence-corrected chi connectivity index (χ3v) is 7.88. The molecule has 0 radical (unpaired) electrons. The van der Waals surface area contributed by atoms with E-state index >= 15 is 0 Å². The van der Waals surface area contributed by atoms with E-state index in [1.165, 1.54) is 12.8 Å². The minimum absolute atomic E-state index is 0.0815. The highest BCUT2D eigenvalue weighted by molar-refractivity contribution is 5.07. The number of rotatable bonds is 2. The van der Waals surface area contributed by atoms with Crippen molar-refractivity contribution in [3.63, 3.8) is 0 Å². The third kappa shape index (κ3) is 3.04. The average molecular weight is 369 g/mol. The van der Waals surface area contributed by atoms with E-state index in [0.29, 0.717) is 18.3 Å². The van der Waals surface area contributed by atoms with E-state index in [4.69, 9.17) is 14.2 Å². The fraction of sp³-hybridized carbons (Fsp3) is 1.00. The molecule has 4 rings (SSSR count). The van der Waals surface area contributed by atoms with Crippen molar-refractivity contribution in [2.24, 2.45) is 29.6 Å². The van der Waals surface area contributed by atoms with Crippen molar-refractivity contribution in [2.45, 2.75) is 103 Å². The van der Waals surface area contributed by atoms with Crippen LogP contribution < -0.4 is 0 Å². The van der Waals surface area contributed by atoms with Crippen molar-refractivity contribution in [3.05, 3.63) is 0 Å². The Morgan fingerprint density at radius 1 is 0.923 bits per heavy atom. The second kappa shape index (κ2) is 6.70. The maximum atomic E-state index is 11.8. The maximum Gasteiger partial charge on any atom is 0.193 e. The van der Waals surface area contributed by atoms with Gasteiger partial charge >= 0.3 is 0 Å². The summed E-state index contributed by atoms with van der Waals surface area (Å²) in [4.78, 5) is 0. The summed E-state index contributed by atoms with van der Waals surface area (Å²) in [6.07, 6.45) is 5.85. The molecule has 150 valence electrons. The molecule has 2 heterocycles. The standard InChI is InChI=1S/C21H36O5/c1-12-8-9-16-14(3)18(24-17-7-5-6-13(17)2)25-19-21(16,23)15(12)10-11-20(4,22)26-19/h12-19,22-23H,5-11H2,1-4H3/t12-,13?,14-,15?,16?,17?,18?,19-,20+,21-/m1/s1. The maximum absolute atomic E-state index is 11.8. The summed E-state index contributed by atoms with van der Waals surface area (Å²) >= 11 is 0. The zero-order valence-electron chi connectivity index (χ0n) is 16.7. The quantitative estimate of drug-likeness (QED) is 0.782. The predicted octanol–water partition coefficient (Wildman–Crippen LogP) is 3.42. The Hall–Kier alpha value is -0.200. The molecule has 5 unspecified atom stereocenters. The van der Waals surface area contributed by atoms with Crippen molar-refractivity contribution in [1.29, 1.82) is 0 Å². The van der Waals surface area contributed by atoms with Crippen LogP contribution in [-0.2, 0) is 14.2 Å². The minimum Gasteiger partial charge on any atom is -0.384 e. The van der Waals surface area contributed by atoms with Crippen LogP contribution in [0.15, 0.2) is 0 Å². The molecule has 2 aliphatic heterocycles. The highest BCUT2D eigenvalue weighted by atomic mass is 16.8. The second-order valence-electron chi connectivity index (χ2n) is 9.76. The molecule has 0 bridgehead atoms. The van der Waals surface area contributed by atoms with Gasteiger partial charge in [-0.2, -0.15) is 0 Å². The molecular weight excluding hydrogens is 332 g/mol. The van der Waals surface area contributed by atoms with Crippen LogP contribution in [0.2, 0.25) is 0 Å². The first-order chi connectivity index (χ1) is 12.2. The first-order valence-corrected chi connectivity index (χ1v) is 10.7. The molecule has 5 nitrogen and oxygen atoms in total. The van der Waals surface area contributed by atoms with Gasteiger partial charge in [0.2, 0.25) is 0 Å². The molecule has 4 aliphatic rings. The Morgan fingerprint density at radius 3 is 2.38 bits per heavy atom. The number of aliphatic hydroxyl groups is 2. The lowest BCUT2D eigenvalue weighted by Crippen LogP contribution is -2.67. The first-order valence-electron chi connectivity index (χ1n) is 10.7. The zero-order valence-corrected chi connectivity index (χ0v) is 16.7. The largest absolute Gasteiger partial charge is 0.384 e. The Kier molecular flexibility index (Phi) is 4.93. The van der Waals surface area contributed by atoms with Gasteiger partial charge in [0.05, 0.1) is 6.10 Å². The van der Waals surface area contributed by atoms with Crippen LogP contribution >= 0.6 is 0 Å². The van der Waals surface area contributed by atoms with Gasteiger partial charge < -0.3 is 24.4 Å². The lowest BCUT2D eigenvalue weighted by molar-refractivity contribution is -0.412. The summed E-state index contributed by atoms with van der Waals surface area (Å²) in [5.41, 5.74) is -1.04. The van der Waals surface area contributed by atoms with Gasteiger partial charge in [-0.1, -0.05) is 27.2 Å². The van der Waals surface area contributed by atoms with Crippen molar-refractivity contribution >= 4 is 0 Å². The van der Waals surface area contributed by atoms with Gasteiger partial charge in [0, 0.05) is 18.3 Å². The van der Waals surface area contributed by atoms with E-state index in [-0.39, 0.29) is 30.1 Å². The second-order valence-corrected chi connectivity index (χ2v) is 9.76. The predicted molar refractivity (Wildman–Crippen MR) is 97.0 cm³/mol. The summed E-state index contributed by atoms with van der Waals surface area (Å²) in [5, 5.41) is 22.5. The monoisotopic (exact) mass is 368 g/mol. The molecule has 0 aromatic rings. The van der Waals surface area contributed by atoms with Gasteiger partial charge in [-0.15, -0.1) is 0 Å². The van der Waals surface area contributed by atoms with Gasteiger partial charge in [0.15, 0.2) is 18.4 Å². The molecule has 26 heavy (non-hydrogen) atoms. The molecule has 4 fully saturated rings. The highest BCUT2D eigenvalue weighted by Gasteiger charge is 2.63. The number of hydrogen-bond donors (Lipinski definition) is 2. The molecule has 0 aromatic heterocycles. The van der Waals surface area contributed by atoms with Gasteiger partial charge in [0.25, 0.3) is 0 Å². The van der Waals surface area contributed by atoms with E-state index in [2.05, 4.69) is 20.8 Å². The van der Waals surface area contributed by atoms with Crippen molar-refractivity contribution in [1.82, 2.24) is 0 Å². The first kappa shape index (κ1) is 19.1. The molecule has 10 atom stereocenters. The van der Waals surface area contributed by atoms with Crippen molar-refractivity contribution in [2.75, 3.05) is 0 Å². The number of hydrogen-bond acceptors (Lipinski definition) is 5. The summed E-state index contributed by atoms with van der Waals surface area (Å²) in [5.74, 6) is -0.0330. The van der Waals surface area contributed by atoms with Crippen LogP contribution in [0, 0.1) is 29.6 Å². The molecule has 2 aliphatic carbocycles. The topological polar surface area (TPSA) is 68.2 Å². The van der Waals surface area contributed by atoms with E-state index in [9.17, 15) is 10.2 Å². The van der Waals surface area contributed by atoms with Crippen LogP contribution in [0.1, 0.15) is 72.6 Å². The zero-order chi connectivity index (χ0) is 18.7. The molecule has 2 N–H and O–H groups in total. The lowest BCUT2D eigenvalue weighted by atomic mass is 9.58. The van der Waals surface area contributed by atoms with Crippen molar-refractivity contribution < 1.29 is 24.4 Å². The van der Waals surface area contributed by atoms with Crippen LogP contribution in [-0.4, -0.2) is 40.3 Å². The van der Waals surface area contributed by atoms with E-state index in [1.54, 1.807) is 6.92 Å². The molecule has 0 spiro atoms. The van der Waals surface area contributed by atoms with Crippen LogP contribution in [0.3, 0.4) is 0 Å². The van der Waals surface area contributed by atoms with E-state index in [0.717, 1.165) is 25.7 Å². The lowest BCUT2D eigenvalue weighted by Gasteiger charge is -2.57. The number of ether oxygens (including phenoxy) is 3. The SMILES string of the molecule is CC1CCCC1OC1O[C@@H]2O[C@](C)(O)CCC3[C@H](C)CCC([C@H]1C)[C@]32O. The summed E-state index contributed by atoms with van der Waals surface area (Å²) < 4.78 is 18.6. The van der Waals surface area contributed by atoms with Gasteiger partial charge in [-0.05, 0) is 56.8 Å². The van der Waals surface area contributed by atoms with Gasteiger partial charge in [-0.25, -0.2) is 0 Å². The fourth-order valence-electron chi connectivity index (χ4n) is 6.18. The highest BCUT2D eigenvalue weighted by Crippen LogP contribution is 2.56. The summed E-state index contributed by atoms with van der Waals surface area (Å²) in [7, 11) is 0. The van der Waals surface area contributed by atoms with Gasteiger partial charge in [0.1, 0.15) is 5.60 Å². The normalized spacial score (nSPS) is 57.5. The smallest absolute Gasteiger partial charge is 0.193 e. The average Bonchev–Trinajstić information content (AvgIpc) is 2.91. The van der Waals surface area contributed by atoms with E-state index in [1.807, 2.05) is 0 Å². The Balaban J connectivity index is 1.62. The molecule has 0 aromatic carbocycles. The molecule has 2 saturated carbocycles. The molecule has 0 amide bonds. The Labute approximate surface area is 157 Å². The van der Waals surface area contributed by atoms with Crippen LogP contribution in [0.5, 0.6) is 0 Å². The molecule has 5 heteroatoms. The van der Waals surface area contributed by atoms with Crippen molar-refractivity contribution in [3.8, 4) is 0 Å². The Morgan fingerprint density at radius 2 is 1.69 bits per heavy atom. The van der Waals surface area contributed by atoms with Crippen LogP contribution in [0.4, 0.5) is 0 Å². The molecule has 2 saturated heterocycles. The van der Waals surface area contributed by atoms with Gasteiger partial charge in [-0.3, -0.25) is 0 Å². The third-order valence-electron chi connectivity index (χ3n) is 7.88. The fourth-order valence-corrected chi connectivity index (χ4v) is 6.18. The summed E-state index contributed by atoms with van der Waals surface area (Å²) in [6, 6.07) is 0. The Bertz CT molecular complexity index is 523. The molecular formula is C21H36O5. The van der Waals surface area contributed by atoms with E-state index < -0.39 is 17.7 Å². The summed E-state index contributed by atoms with van der Waals surface area (Å²) in [6.45, 7) is 8.29.